The molecule has 1 unspecified atom stereocenters. The Morgan fingerprint density at radius 2 is 1.78 bits per heavy atom. The van der Waals surface area contributed by atoms with Gasteiger partial charge in [0.15, 0.2) is 0 Å². The maximum atomic E-state index is 11.9. The number of benzene rings is 1. The standard InChI is InChI=1S/C17H27N3O3/c1-17(2,3)23-16(22)19-11-14(10-18)12-6-8-13(9-7-12)15(21)20(4)5/h6-9,14H,10-11,18H2,1-5H3,(H,19,22). The first-order chi connectivity index (χ1) is 10.6. The maximum Gasteiger partial charge on any atom is 0.407 e. The van der Waals surface area contributed by atoms with Gasteiger partial charge >= 0.3 is 6.09 Å². The molecule has 0 aromatic heterocycles. The number of nitrogens with one attached hydrogen (secondary N) is 1. The van der Waals surface area contributed by atoms with Gasteiger partial charge in [0.05, 0.1) is 0 Å². The quantitative estimate of drug-likeness (QED) is 0.868. The fraction of sp³-hybridized carbons (Fsp3) is 0.529. The minimum atomic E-state index is -0.531. The second-order valence-corrected chi connectivity index (χ2v) is 6.64. The van der Waals surface area contributed by atoms with Gasteiger partial charge in [-0.1, -0.05) is 12.1 Å². The van der Waals surface area contributed by atoms with Crippen molar-refractivity contribution in [1.82, 2.24) is 10.2 Å². The van der Waals surface area contributed by atoms with Crippen molar-refractivity contribution in [3.05, 3.63) is 35.4 Å². The summed E-state index contributed by atoms with van der Waals surface area (Å²) in [6.45, 7) is 6.21. The molecule has 128 valence electrons. The lowest BCUT2D eigenvalue weighted by Crippen LogP contribution is -2.36. The SMILES string of the molecule is CN(C)C(=O)c1ccc(C(CN)CNC(=O)OC(C)(C)C)cc1. The second kappa shape index (κ2) is 7.97. The number of carbonyl (C=O) groups is 2. The molecule has 0 spiro atoms. The van der Waals surface area contributed by atoms with Gasteiger partial charge < -0.3 is 20.7 Å². The van der Waals surface area contributed by atoms with E-state index in [0.717, 1.165) is 5.56 Å². The third-order valence-corrected chi connectivity index (χ3v) is 3.21. The third-order valence-electron chi connectivity index (χ3n) is 3.21. The van der Waals surface area contributed by atoms with Crippen LogP contribution in [0.5, 0.6) is 0 Å². The Balaban J connectivity index is 2.68. The van der Waals surface area contributed by atoms with E-state index in [0.29, 0.717) is 18.7 Å². The molecule has 0 radical (unpaired) electrons. The van der Waals surface area contributed by atoms with Crippen molar-refractivity contribution in [1.29, 1.82) is 0 Å². The topological polar surface area (TPSA) is 84.7 Å². The molecular formula is C17H27N3O3. The van der Waals surface area contributed by atoms with Crippen LogP contribution in [-0.2, 0) is 4.74 Å². The number of carbonyl (C=O) groups excluding carboxylic acids is 2. The van der Waals surface area contributed by atoms with Crippen molar-refractivity contribution in [3.63, 3.8) is 0 Å². The number of alkyl carbamates (subject to hydrolysis) is 1. The molecule has 0 bridgehead atoms. The first-order valence-electron chi connectivity index (χ1n) is 7.62. The van der Waals surface area contributed by atoms with Crippen molar-refractivity contribution in [2.45, 2.75) is 32.3 Å². The van der Waals surface area contributed by atoms with Gasteiger partial charge in [-0.25, -0.2) is 4.79 Å². The lowest BCUT2D eigenvalue weighted by molar-refractivity contribution is 0.0524. The van der Waals surface area contributed by atoms with Crippen LogP contribution in [0.4, 0.5) is 4.79 Å². The van der Waals surface area contributed by atoms with Crippen molar-refractivity contribution in [3.8, 4) is 0 Å². The predicted octanol–water partition coefficient (Wildman–Crippen LogP) is 1.96. The number of hydrogen-bond acceptors (Lipinski definition) is 4. The maximum absolute atomic E-state index is 11.9. The van der Waals surface area contributed by atoms with Crippen LogP contribution in [-0.4, -0.2) is 49.7 Å². The molecule has 1 aromatic carbocycles. The average molecular weight is 321 g/mol. The largest absolute Gasteiger partial charge is 0.444 e. The summed E-state index contributed by atoms with van der Waals surface area (Å²) in [7, 11) is 3.42. The summed E-state index contributed by atoms with van der Waals surface area (Å²) in [5.41, 5.74) is 6.86. The second-order valence-electron chi connectivity index (χ2n) is 6.64. The smallest absolute Gasteiger partial charge is 0.407 e. The molecule has 6 heteroatoms. The molecule has 0 fully saturated rings. The predicted molar refractivity (Wildman–Crippen MR) is 90.5 cm³/mol. The van der Waals surface area contributed by atoms with Crippen molar-refractivity contribution < 1.29 is 14.3 Å². The first-order valence-corrected chi connectivity index (χ1v) is 7.62. The molecule has 3 N–H and O–H groups in total. The van der Waals surface area contributed by atoms with Crippen LogP contribution in [0.2, 0.25) is 0 Å². The van der Waals surface area contributed by atoms with Crippen LogP contribution in [0.25, 0.3) is 0 Å². The van der Waals surface area contributed by atoms with E-state index < -0.39 is 11.7 Å². The van der Waals surface area contributed by atoms with Crippen LogP contribution in [0.3, 0.4) is 0 Å². The summed E-state index contributed by atoms with van der Waals surface area (Å²) < 4.78 is 5.20. The van der Waals surface area contributed by atoms with E-state index in [1.165, 1.54) is 4.90 Å². The van der Waals surface area contributed by atoms with E-state index in [1.54, 1.807) is 26.2 Å². The van der Waals surface area contributed by atoms with Crippen LogP contribution < -0.4 is 11.1 Å². The van der Waals surface area contributed by atoms with Crippen molar-refractivity contribution >= 4 is 12.0 Å². The van der Waals surface area contributed by atoms with E-state index in [9.17, 15) is 9.59 Å². The highest BCUT2D eigenvalue weighted by Gasteiger charge is 2.18. The lowest BCUT2D eigenvalue weighted by atomic mass is 9.98. The summed E-state index contributed by atoms with van der Waals surface area (Å²) in [5, 5.41) is 2.73. The molecule has 23 heavy (non-hydrogen) atoms. The minimum Gasteiger partial charge on any atom is -0.444 e. The molecule has 0 heterocycles. The zero-order chi connectivity index (χ0) is 17.6. The monoisotopic (exact) mass is 321 g/mol. The zero-order valence-corrected chi connectivity index (χ0v) is 14.6. The number of nitrogens with two attached hydrogens (primary N) is 1. The number of ether oxygens (including phenoxy) is 1. The van der Waals surface area contributed by atoms with E-state index in [2.05, 4.69) is 5.32 Å². The van der Waals surface area contributed by atoms with Crippen molar-refractivity contribution in [2.75, 3.05) is 27.2 Å². The summed E-state index contributed by atoms with van der Waals surface area (Å²) in [5.74, 6) is -0.0845. The molecule has 2 amide bonds. The van der Waals surface area contributed by atoms with Crippen LogP contribution >= 0.6 is 0 Å². The van der Waals surface area contributed by atoms with E-state index >= 15 is 0 Å². The fourth-order valence-electron chi connectivity index (χ4n) is 2.01. The average Bonchev–Trinajstić information content (AvgIpc) is 2.45. The zero-order valence-electron chi connectivity index (χ0n) is 14.6. The van der Waals surface area contributed by atoms with E-state index in [4.69, 9.17) is 10.5 Å². The van der Waals surface area contributed by atoms with Gasteiger partial charge in [0, 0.05) is 38.7 Å². The highest BCUT2D eigenvalue weighted by molar-refractivity contribution is 5.93. The van der Waals surface area contributed by atoms with Gasteiger partial charge in [0.1, 0.15) is 5.60 Å². The van der Waals surface area contributed by atoms with Crippen LogP contribution in [0, 0.1) is 0 Å². The third kappa shape index (κ3) is 6.28. The fourth-order valence-corrected chi connectivity index (χ4v) is 2.01. The Kier molecular flexibility index (Phi) is 6.57. The van der Waals surface area contributed by atoms with Gasteiger partial charge in [-0.2, -0.15) is 0 Å². The summed E-state index contributed by atoms with van der Waals surface area (Å²) in [6, 6.07) is 7.28. The van der Waals surface area contributed by atoms with Gasteiger partial charge in [-0.3, -0.25) is 4.79 Å². The van der Waals surface area contributed by atoms with Crippen LogP contribution in [0.15, 0.2) is 24.3 Å². The Bertz CT molecular complexity index is 533. The molecular weight excluding hydrogens is 294 g/mol. The summed E-state index contributed by atoms with van der Waals surface area (Å²) in [4.78, 5) is 25.1. The van der Waals surface area contributed by atoms with E-state index in [-0.39, 0.29) is 11.8 Å². The van der Waals surface area contributed by atoms with Gasteiger partial charge in [-0.15, -0.1) is 0 Å². The number of hydrogen-bond donors (Lipinski definition) is 2. The lowest BCUT2D eigenvalue weighted by Gasteiger charge is -2.21. The molecule has 1 aromatic rings. The van der Waals surface area contributed by atoms with Gasteiger partial charge in [0.25, 0.3) is 5.91 Å². The Morgan fingerprint density at radius 1 is 1.22 bits per heavy atom. The molecule has 0 saturated heterocycles. The molecule has 6 nitrogen and oxygen atoms in total. The molecule has 1 atom stereocenters. The Labute approximate surface area is 138 Å². The van der Waals surface area contributed by atoms with Crippen molar-refractivity contribution in [2.24, 2.45) is 5.73 Å². The minimum absolute atomic E-state index is 0.0361. The molecule has 0 saturated carbocycles. The van der Waals surface area contributed by atoms with E-state index in [1.807, 2.05) is 32.9 Å². The molecule has 0 aliphatic rings. The van der Waals surface area contributed by atoms with Gasteiger partial charge in [-0.05, 0) is 38.5 Å². The molecule has 1 rings (SSSR count). The van der Waals surface area contributed by atoms with Gasteiger partial charge in [0.2, 0.25) is 0 Å². The number of amides is 2. The highest BCUT2D eigenvalue weighted by Crippen LogP contribution is 2.16. The molecule has 0 aliphatic heterocycles. The Hall–Kier alpha value is -2.08. The Morgan fingerprint density at radius 3 is 2.22 bits per heavy atom. The molecule has 0 aliphatic carbocycles. The number of rotatable bonds is 5. The highest BCUT2D eigenvalue weighted by atomic mass is 16.6. The summed E-state index contributed by atoms with van der Waals surface area (Å²) >= 11 is 0. The normalized spacial score (nSPS) is 12.4. The summed E-state index contributed by atoms with van der Waals surface area (Å²) in [6.07, 6.45) is -0.463. The number of nitrogens with zero attached hydrogens (tertiary/aromatic N) is 1. The first kappa shape index (κ1) is 19.0. The van der Waals surface area contributed by atoms with Crippen LogP contribution in [0.1, 0.15) is 42.6 Å².